The van der Waals surface area contributed by atoms with E-state index in [1.54, 1.807) is 4.90 Å². The summed E-state index contributed by atoms with van der Waals surface area (Å²) < 4.78 is 0. The van der Waals surface area contributed by atoms with Crippen LogP contribution in [0.5, 0.6) is 0 Å². The van der Waals surface area contributed by atoms with Crippen molar-refractivity contribution in [2.75, 3.05) is 32.7 Å². The van der Waals surface area contributed by atoms with Crippen molar-refractivity contribution in [3.63, 3.8) is 0 Å². The van der Waals surface area contributed by atoms with Gasteiger partial charge in [-0.2, -0.15) is 0 Å². The van der Waals surface area contributed by atoms with Crippen LogP contribution in [0.25, 0.3) is 0 Å². The molecule has 0 radical (unpaired) electrons. The van der Waals surface area contributed by atoms with E-state index in [9.17, 15) is 9.59 Å². The maximum atomic E-state index is 12.4. The summed E-state index contributed by atoms with van der Waals surface area (Å²) in [7, 11) is 0. The zero-order valence-corrected chi connectivity index (χ0v) is 12.8. The number of amides is 2. The molecule has 118 valence electrons. The van der Waals surface area contributed by atoms with Gasteiger partial charge in [-0.3, -0.25) is 14.5 Å². The molecule has 3 rings (SSSR count). The average Bonchev–Trinajstić information content (AvgIpc) is 2.95. The summed E-state index contributed by atoms with van der Waals surface area (Å²) in [6.07, 6.45) is 3.28. The molecule has 0 aliphatic carbocycles. The van der Waals surface area contributed by atoms with Crippen molar-refractivity contribution in [3.8, 4) is 0 Å². The topological polar surface area (TPSA) is 52.7 Å². The highest BCUT2D eigenvalue weighted by atomic mass is 16.2. The smallest absolute Gasteiger partial charge is 0.239 e. The van der Waals surface area contributed by atoms with Gasteiger partial charge in [0.25, 0.3) is 0 Å². The van der Waals surface area contributed by atoms with Gasteiger partial charge in [-0.05, 0) is 31.4 Å². The summed E-state index contributed by atoms with van der Waals surface area (Å²) in [6.45, 7) is 2.81. The van der Waals surface area contributed by atoms with Crippen LogP contribution in [0.3, 0.4) is 0 Å². The number of rotatable bonds is 4. The molecule has 22 heavy (non-hydrogen) atoms. The fraction of sp³-hybridized carbons (Fsp3) is 0.529. The Morgan fingerprint density at radius 3 is 2.82 bits per heavy atom. The minimum Gasteiger partial charge on any atom is -0.353 e. The minimum atomic E-state index is -0.0538. The van der Waals surface area contributed by atoms with Crippen LogP contribution in [0.15, 0.2) is 30.3 Å². The lowest BCUT2D eigenvalue weighted by atomic mass is 10.0. The SMILES string of the molecule is O=C1CN(C(=O)CN2CCCC2Cc2ccccc2)CCN1. The van der Waals surface area contributed by atoms with Gasteiger partial charge in [0.1, 0.15) is 0 Å². The third-order valence-electron chi connectivity index (χ3n) is 4.54. The molecule has 1 atom stereocenters. The number of piperazine rings is 1. The van der Waals surface area contributed by atoms with E-state index in [1.807, 2.05) is 6.07 Å². The quantitative estimate of drug-likeness (QED) is 0.888. The molecule has 5 nitrogen and oxygen atoms in total. The second kappa shape index (κ2) is 6.92. The standard InChI is InChI=1S/C17H23N3O2/c21-16-12-20(10-8-18-16)17(22)13-19-9-4-7-15(19)11-14-5-2-1-3-6-14/h1-3,5-6,15H,4,7-13H2,(H,18,21). The molecule has 0 saturated carbocycles. The first-order chi connectivity index (χ1) is 10.7. The van der Waals surface area contributed by atoms with Crippen molar-refractivity contribution in [2.45, 2.75) is 25.3 Å². The second-order valence-corrected chi connectivity index (χ2v) is 6.12. The highest BCUT2D eigenvalue weighted by Gasteiger charge is 2.29. The maximum Gasteiger partial charge on any atom is 0.239 e. The molecule has 2 amide bonds. The second-order valence-electron chi connectivity index (χ2n) is 6.12. The molecule has 0 bridgehead atoms. The van der Waals surface area contributed by atoms with Gasteiger partial charge >= 0.3 is 0 Å². The first-order valence-electron chi connectivity index (χ1n) is 8.05. The Balaban J connectivity index is 1.56. The number of nitrogens with zero attached hydrogens (tertiary/aromatic N) is 2. The Labute approximate surface area is 131 Å². The number of carbonyl (C=O) groups is 2. The number of carbonyl (C=O) groups excluding carboxylic acids is 2. The Bertz CT molecular complexity index is 532. The van der Waals surface area contributed by atoms with Gasteiger partial charge in [-0.15, -0.1) is 0 Å². The summed E-state index contributed by atoms with van der Waals surface area (Å²) in [5, 5.41) is 2.76. The van der Waals surface area contributed by atoms with Crippen molar-refractivity contribution >= 4 is 11.8 Å². The lowest BCUT2D eigenvalue weighted by Gasteiger charge is -2.30. The summed E-state index contributed by atoms with van der Waals surface area (Å²) in [4.78, 5) is 27.8. The number of hydrogen-bond donors (Lipinski definition) is 1. The molecule has 0 spiro atoms. The summed E-state index contributed by atoms with van der Waals surface area (Å²) in [5.41, 5.74) is 1.32. The van der Waals surface area contributed by atoms with Gasteiger partial charge in [0.15, 0.2) is 0 Å². The van der Waals surface area contributed by atoms with E-state index in [4.69, 9.17) is 0 Å². The molecule has 2 aliphatic rings. The first kappa shape index (κ1) is 15.0. The van der Waals surface area contributed by atoms with E-state index < -0.39 is 0 Å². The predicted molar refractivity (Wildman–Crippen MR) is 84.3 cm³/mol. The van der Waals surface area contributed by atoms with Gasteiger partial charge in [-0.25, -0.2) is 0 Å². The Morgan fingerprint density at radius 1 is 1.23 bits per heavy atom. The molecule has 2 fully saturated rings. The van der Waals surface area contributed by atoms with Gasteiger partial charge in [0.05, 0.1) is 13.1 Å². The minimum absolute atomic E-state index is 0.0538. The van der Waals surface area contributed by atoms with Gasteiger partial charge in [-0.1, -0.05) is 30.3 Å². The Morgan fingerprint density at radius 2 is 2.05 bits per heavy atom. The summed E-state index contributed by atoms with van der Waals surface area (Å²) in [5.74, 6) is 0.0247. The maximum absolute atomic E-state index is 12.4. The fourth-order valence-corrected chi connectivity index (χ4v) is 3.35. The molecule has 1 unspecified atom stereocenters. The molecule has 0 aromatic heterocycles. The van der Waals surface area contributed by atoms with E-state index >= 15 is 0 Å². The van der Waals surface area contributed by atoms with Gasteiger partial charge in [0.2, 0.25) is 11.8 Å². The van der Waals surface area contributed by atoms with Crippen LogP contribution in [-0.4, -0.2) is 60.4 Å². The molecule has 1 aromatic rings. The van der Waals surface area contributed by atoms with E-state index in [0.29, 0.717) is 25.7 Å². The molecular weight excluding hydrogens is 278 g/mol. The van der Waals surface area contributed by atoms with E-state index in [2.05, 4.69) is 34.5 Å². The van der Waals surface area contributed by atoms with Gasteiger partial charge < -0.3 is 10.2 Å². The largest absolute Gasteiger partial charge is 0.353 e. The van der Waals surface area contributed by atoms with Crippen LogP contribution in [0.4, 0.5) is 0 Å². The normalized spacial score (nSPS) is 22.6. The van der Waals surface area contributed by atoms with Crippen molar-refractivity contribution in [3.05, 3.63) is 35.9 Å². The van der Waals surface area contributed by atoms with Crippen LogP contribution in [0, 0.1) is 0 Å². The third-order valence-corrected chi connectivity index (χ3v) is 4.54. The summed E-state index contributed by atoms with van der Waals surface area (Å²) >= 11 is 0. The molecular formula is C17H23N3O2. The number of likely N-dealkylation sites (tertiary alicyclic amines) is 1. The third kappa shape index (κ3) is 3.65. The number of hydrogen-bond acceptors (Lipinski definition) is 3. The molecule has 2 aliphatic heterocycles. The molecule has 2 saturated heterocycles. The number of nitrogens with one attached hydrogen (secondary N) is 1. The highest BCUT2D eigenvalue weighted by Crippen LogP contribution is 2.21. The van der Waals surface area contributed by atoms with E-state index in [1.165, 1.54) is 5.56 Å². The van der Waals surface area contributed by atoms with E-state index in [0.717, 1.165) is 25.8 Å². The monoisotopic (exact) mass is 301 g/mol. The average molecular weight is 301 g/mol. The number of benzene rings is 1. The fourth-order valence-electron chi connectivity index (χ4n) is 3.35. The van der Waals surface area contributed by atoms with Gasteiger partial charge in [0, 0.05) is 19.1 Å². The van der Waals surface area contributed by atoms with Crippen LogP contribution in [-0.2, 0) is 16.0 Å². The van der Waals surface area contributed by atoms with Crippen LogP contribution in [0.1, 0.15) is 18.4 Å². The molecule has 1 N–H and O–H groups in total. The predicted octanol–water partition coefficient (Wildman–Crippen LogP) is 0.652. The Kier molecular flexibility index (Phi) is 4.73. The van der Waals surface area contributed by atoms with Crippen LogP contribution >= 0.6 is 0 Å². The van der Waals surface area contributed by atoms with Crippen molar-refractivity contribution in [1.29, 1.82) is 0 Å². The zero-order valence-electron chi connectivity index (χ0n) is 12.8. The Hall–Kier alpha value is -1.88. The van der Waals surface area contributed by atoms with Crippen molar-refractivity contribution in [2.24, 2.45) is 0 Å². The van der Waals surface area contributed by atoms with Crippen LogP contribution < -0.4 is 5.32 Å². The van der Waals surface area contributed by atoms with E-state index in [-0.39, 0.29) is 18.4 Å². The zero-order chi connectivity index (χ0) is 15.4. The first-order valence-corrected chi connectivity index (χ1v) is 8.05. The van der Waals surface area contributed by atoms with Crippen LogP contribution in [0.2, 0.25) is 0 Å². The molecule has 2 heterocycles. The lowest BCUT2D eigenvalue weighted by Crippen LogP contribution is -2.52. The summed E-state index contributed by atoms with van der Waals surface area (Å²) in [6, 6.07) is 10.9. The van der Waals surface area contributed by atoms with Crippen molar-refractivity contribution in [1.82, 2.24) is 15.1 Å². The van der Waals surface area contributed by atoms with Crippen molar-refractivity contribution < 1.29 is 9.59 Å². The highest BCUT2D eigenvalue weighted by molar-refractivity contribution is 5.86. The lowest BCUT2D eigenvalue weighted by molar-refractivity contribution is -0.139. The molecule has 1 aromatic carbocycles. The molecule has 5 heteroatoms.